The minimum Gasteiger partial charge on any atom is -0.311 e. The molecule has 0 unspecified atom stereocenters. The van der Waals surface area contributed by atoms with Crippen molar-refractivity contribution >= 4 is 47.4 Å². The average molecular weight is 789 g/mol. The van der Waals surface area contributed by atoms with Crippen molar-refractivity contribution in [3.63, 3.8) is 0 Å². The van der Waals surface area contributed by atoms with Gasteiger partial charge in [-0.3, -0.25) is 0 Å². The van der Waals surface area contributed by atoms with E-state index in [9.17, 15) is 0 Å². The third-order valence-corrected chi connectivity index (χ3v) is 13.3. The van der Waals surface area contributed by atoms with E-state index in [1.807, 2.05) is 0 Å². The van der Waals surface area contributed by atoms with Crippen molar-refractivity contribution < 1.29 is 0 Å². The summed E-state index contributed by atoms with van der Waals surface area (Å²) < 4.78 is 0. The number of hydrogen-bond acceptors (Lipinski definition) is 2. The maximum Gasteiger partial charge on any atom is 0.0775 e. The van der Waals surface area contributed by atoms with Crippen LogP contribution in [0.3, 0.4) is 0 Å². The molecule has 0 atom stereocenters. The summed E-state index contributed by atoms with van der Waals surface area (Å²) >= 11 is 0. The van der Waals surface area contributed by atoms with Gasteiger partial charge in [-0.05, 0) is 117 Å². The third kappa shape index (κ3) is 8.35. The summed E-state index contributed by atoms with van der Waals surface area (Å²) in [7, 11) is -1.34. The van der Waals surface area contributed by atoms with E-state index in [1.54, 1.807) is 0 Å². The molecule has 0 radical (unpaired) electrons. The Labute approximate surface area is 356 Å². The highest BCUT2D eigenvalue weighted by molar-refractivity contribution is 6.88. The Morgan fingerprint density at radius 1 is 0.217 bits per heavy atom. The summed E-state index contributed by atoms with van der Waals surface area (Å²) in [5, 5.41) is 1.48. The van der Waals surface area contributed by atoms with Crippen LogP contribution in [-0.4, -0.2) is 8.07 Å². The maximum absolute atomic E-state index is 2.39. The minimum atomic E-state index is -1.34. The van der Waals surface area contributed by atoms with Gasteiger partial charge in [0.2, 0.25) is 0 Å². The van der Waals surface area contributed by atoms with Crippen molar-refractivity contribution in [2.45, 2.75) is 19.6 Å². The highest BCUT2D eigenvalue weighted by Crippen LogP contribution is 2.39. The van der Waals surface area contributed by atoms with Crippen LogP contribution >= 0.6 is 0 Å². The van der Waals surface area contributed by atoms with E-state index in [-0.39, 0.29) is 0 Å². The van der Waals surface area contributed by atoms with Crippen molar-refractivity contribution in [2.24, 2.45) is 0 Å². The van der Waals surface area contributed by atoms with Crippen molar-refractivity contribution in [3.8, 4) is 44.5 Å². The van der Waals surface area contributed by atoms with Gasteiger partial charge in [0.1, 0.15) is 0 Å². The zero-order valence-electron chi connectivity index (χ0n) is 34.4. The maximum atomic E-state index is 2.39. The van der Waals surface area contributed by atoms with E-state index in [0.29, 0.717) is 0 Å². The first-order chi connectivity index (χ1) is 29.4. The van der Waals surface area contributed by atoms with Gasteiger partial charge < -0.3 is 9.80 Å². The molecule has 0 aliphatic rings. The molecular formula is C57H48N2Si. The lowest BCUT2D eigenvalue weighted by atomic mass is 9.99. The first-order valence-electron chi connectivity index (χ1n) is 20.8. The number of benzene rings is 9. The minimum absolute atomic E-state index is 1.11. The molecule has 0 bridgehead atoms. The van der Waals surface area contributed by atoms with Crippen molar-refractivity contribution in [1.29, 1.82) is 0 Å². The van der Waals surface area contributed by atoms with Gasteiger partial charge in [0.15, 0.2) is 0 Å². The van der Waals surface area contributed by atoms with Gasteiger partial charge in [-0.2, -0.15) is 0 Å². The molecule has 2 nitrogen and oxygen atoms in total. The molecule has 60 heavy (non-hydrogen) atoms. The molecule has 0 spiro atoms. The van der Waals surface area contributed by atoms with Crippen molar-refractivity contribution in [2.75, 3.05) is 9.80 Å². The Hall–Kier alpha value is -7.20. The summed E-state index contributed by atoms with van der Waals surface area (Å²) in [5.41, 5.74) is 16.4. The molecule has 0 heterocycles. The van der Waals surface area contributed by atoms with Gasteiger partial charge in [0.05, 0.1) is 8.07 Å². The van der Waals surface area contributed by atoms with Gasteiger partial charge in [-0.1, -0.05) is 189 Å². The molecule has 0 N–H and O–H groups in total. The fraction of sp³-hybridized carbons (Fsp3) is 0.0526. The van der Waals surface area contributed by atoms with Gasteiger partial charge in [0, 0.05) is 34.1 Å². The summed E-state index contributed by atoms with van der Waals surface area (Å²) in [6.07, 6.45) is 0. The molecule has 9 aromatic carbocycles. The summed E-state index contributed by atoms with van der Waals surface area (Å²) in [5.74, 6) is 0. The van der Waals surface area contributed by atoms with Crippen molar-refractivity contribution in [3.05, 3.63) is 237 Å². The highest BCUT2D eigenvalue weighted by Gasteiger charge is 2.17. The number of nitrogens with zero attached hydrogens (tertiary/aromatic N) is 2. The van der Waals surface area contributed by atoms with E-state index >= 15 is 0 Å². The Bertz CT molecular complexity index is 2760. The fourth-order valence-corrected chi connectivity index (χ4v) is 9.08. The van der Waals surface area contributed by atoms with E-state index in [1.165, 1.54) is 49.7 Å². The first-order valence-corrected chi connectivity index (χ1v) is 24.3. The lowest BCUT2D eigenvalue weighted by Gasteiger charge is -2.26. The van der Waals surface area contributed by atoms with Gasteiger partial charge in [-0.25, -0.2) is 0 Å². The van der Waals surface area contributed by atoms with E-state index in [4.69, 9.17) is 0 Å². The Morgan fingerprint density at radius 2 is 0.417 bits per heavy atom. The molecule has 0 aromatic heterocycles. The Morgan fingerprint density at radius 3 is 0.683 bits per heavy atom. The van der Waals surface area contributed by atoms with Crippen LogP contribution in [-0.2, 0) is 0 Å². The number of hydrogen-bond donors (Lipinski definition) is 0. The average Bonchev–Trinajstić information content (AvgIpc) is 3.31. The molecule has 0 amide bonds. The normalized spacial score (nSPS) is 11.2. The highest BCUT2D eigenvalue weighted by atomic mass is 28.3. The molecule has 9 rings (SSSR count). The summed E-state index contributed by atoms with van der Waals surface area (Å²) in [6.45, 7) is 7.18. The lowest BCUT2D eigenvalue weighted by molar-refractivity contribution is 1.28. The van der Waals surface area contributed by atoms with E-state index in [0.717, 1.165) is 34.1 Å². The SMILES string of the molecule is C[Si](C)(C)c1ccc(-c2ccc(N(c3ccccc3)c3ccc(-c4ccc(-c5ccc(N(c6ccccc6)c6ccc(-c7ccccc7)cc6)cc5)cc4)cc3)cc2)cc1. The van der Waals surface area contributed by atoms with Crippen LogP contribution in [0, 0.1) is 0 Å². The van der Waals surface area contributed by atoms with Crippen LogP contribution in [0.1, 0.15) is 0 Å². The zero-order valence-corrected chi connectivity index (χ0v) is 35.4. The molecule has 0 aliphatic heterocycles. The molecule has 0 aliphatic carbocycles. The molecule has 0 saturated heterocycles. The lowest BCUT2D eigenvalue weighted by Crippen LogP contribution is -2.37. The van der Waals surface area contributed by atoms with Gasteiger partial charge in [0.25, 0.3) is 0 Å². The monoisotopic (exact) mass is 788 g/mol. The molecule has 0 fully saturated rings. The second-order valence-electron chi connectivity index (χ2n) is 16.3. The molecule has 3 heteroatoms. The quantitative estimate of drug-likeness (QED) is 0.120. The largest absolute Gasteiger partial charge is 0.311 e. The van der Waals surface area contributed by atoms with Crippen LogP contribution in [0.2, 0.25) is 19.6 Å². The second-order valence-corrected chi connectivity index (χ2v) is 21.4. The first kappa shape index (κ1) is 38.3. The Balaban J connectivity index is 0.933. The standard InChI is InChI=1S/C57H48N2Si/c1-60(2,3)57-41-31-50(32-42-57)49-29-39-56(40-30-49)59(52-17-11-6-12-18-52)55-37-27-48(28-38-55)45-21-19-44(20-22-45)47-25-35-54(36-26-47)58(51-15-9-5-10-16-51)53-33-23-46(24-34-53)43-13-7-4-8-14-43/h4-42H,1-3H3. The van der Waals surface area contributed by atoms with Crippen LogP contribution in [0.4, 0.5) is 34.1 Å². The van der Waals surface area contributed by atoms with E-state index < -0.39 is 8.07 Å². The van der Waals surface area contributed by atoms with E-state index in [2.05, 4.69) is 266 Å². The van der Waals surface area contributed by atoms with Crippen molar-refractivity contribution in [1.82, 2.24) is 0 Å². The topological polar surface area (TPSA) is 6.48 Å². The van der Waals surface area contributed by atoms with Gasteiger partial charge in [-0.15, -0.1) is 0 Å². The smallest absolute Gasteiger partial charge is 0.0775 e. The predicted molar refractivity (Wildman–Crippen MR) is 261 cm³/mol. The third-order valence-electron chi connectivity index (χ3n) is 11.3. The molecule has 290 valence electrons. The number of para-hydroxylation sites is 2. The zero-order chi connectivity index (χ0) is 40.9. The molecule has 9 aromatic rings. The fourth-order valence-electron chi connectivity index (χ4n) is 7.91. The van der Waals surface area contributed by atoms with Crippen LogP contribution in [0.5, 0.6) is 0 Å². The number of anilines is 6. The second kappa shape index (κ2) is 17.0. The molecule has 0 saturated carbocycles. The summed E-state index contributed by atoms with van der Waals surface area (Å²) in [6, 6.07) is 85.4. The van der Waals surface area contributed by atoms with Crippen LogP contribution in [0.15, 0.2) is 237 Å². The molecular weight excluding hydrogens is 741 g/mol. The number of rotatable bonds is 11. The predicted octanol–water partition coefficient (Wildman–Crippen LogP) is 15.8. The van der Waals surface area contributed by atoms with Crippen LogP contribution in [0.25, 0.3) is 44.5 Å². The van der Waals surface area contributed by atoms with Gasteiger partial charge >= 0.3 is 0 Å². The summed E-state index contributed by atoms with van der Waals surface area (Å²) in [4.78, 5) is 4.64. The van der Waals surface area contributed by atoms with Crippen LogP contribution < -0.4 is 15.0 Å². The Kier molecular flexibility index (Phi) is 10.8.